The van der Waals surface area contributed by atoms with Gasteiger partial charge in [-0.2, -0.15) is 0 Å². The first-order valence-corrected chi connectivity index (χ1v) is 12.0. The average Bonchev–Trinajstić information content (AvgIpc) is 3.54. The van der Waals surface area contributed by atoms with Gasteiger partial charge in [-0.3, -0.25) is 9.59 Å². The Hall–Kier alpha value is -3.30. The molecule has 10 heteroatoms. The number of aromatic nitrogens is 2. The van der Waals surface area contributed by atoms with Gasteiger partial charge >= 0.3 is 0 Å². The van der Waals surface area contributed by atoms with Gasteiger partial charge in [0, 0.05) is 49.9 Å². The third kappa shape index (κ3) is 6.04. The van der Waals surface area contributed by atoms with Gasteiger partial charge in [0.2, 0.25) is 11.9 Å². The van der Waals surface area contributed by atoms with E-state index in [0.717, 1.165) is 31.6 Å². The molecular formula is C25H30ClN7O2. The van der Waals surface area contributed by atoms with Crippen LogP contribution in [0.5, 0.6) is 0 Å². The van der Waals surface area contributed by atoms with Crippen LogP contribution in [0.3, 0.4) is 0 Å². The molecule has 1 aromatic heterocycles. The molecule has 4 rings (SSSR count). The molecule has 2 aliphatic heterocycles. The van der Waals surface area contributed by atoms with E-state index in [1.807, 2.05) is 17.2 Å². The second kappa shape index (κ2) is 11.0. The van der Waals surface area contributed by atoms with Gasteiger partial charge in [0.1, 0.15) is 0 Å². The Labute approximate surface area is 210 Å². The van der Waals surface area contributed by atoms with E-state index >= 15 is 0 Å². The third-order valence-corrected chi connectivity index (χ3v) is 6.64. The quantitative estimate of drug-likeness (QED) is 0.468. The smallest absolute Gasteiger partial charge is 0.253 e. The summed E-state index contributed by atoms with van der Waals surface area (Å²) in [4.78, 5) is 44.1. The summed E-state index contributed by atoms with van der Waals surface area (Å²) in [5.74, 6) is 0.167. The minimum Gasteiger partial charge on any atom is -0.368 e. The summed E-state index contributed by atoms with van der Waals surface area (Å²) in [6.07, 6.45) is 7.90. The van der Waals surface area contributed by atoms with Crippen molar-refractivity contribution >= 4 is 47.0 Å². The van der Waals surface area contributed by atoms with E-state index in [0.29, 0.717) is 41.4 Å². The van der Waals surface area contributed by atoms with Gasteiger partial charge in [-0.05, 0) is 51.2 Å². The molecular weight excluding hydrogens is 466 g/mol. The molecule has 0 saturated carbocycles. The molecule has 3 heterocycles. The second-order valence-corrected chi connectivity index (χ2v) is 9.49. The lowest BCUT2D eigenvalue weighted by molar-refractivity contribution is -0.111. The molecule has 0 radical (unpaired) electrons. The van der Waals surface area contributed by atoms with Crippen molar-refractivity contribution in [2.75, 3.05) is 50.5 Å². The number of nitrogens with zero attached hydrogens (tertiary/aromatic N) is 6. The molecule has 0 aliphatic carbocycles. The molecule has 2 saturated heterocycles. The molecule has 0 spiro atoms. The Kier molecular flexibility index (Phi) is 7.77. The number of amides is 2. The highest BCUT2D eigenvalue weighted by Gasteiger charge is 2.29. The molecule has 2 atom stereocenters. The molecule has 2 fully saturated rings. The number of likely N-dealkylation sites (N-methyl/N-ethyl adjacent to an activating group) is 1. The van der Waals surface area contributed by atoms with Crippen LogP contribution in [0, 0.1) is 5.92 Å². The number of nitrogens with one attached hydrogen (secondary N) is 1. The molecule has 2 aliphatic rings. The predicted octanol–water partition coefficient (Wildman–Crippen LogP) is 3.26. The highest BCUT2D eigenvalue weighted by molar-refractivity contribution is 6.30. The minimum absolute atomic E-state index is 0.0325. The SMILES string of the molecule is C=CC(=O)Nc1ccc(C(=O)N2CCC(C=Nc3ncc(Cl)cn3)C2)cc1N1CCC(N(C)C)C1. The number of halogens is 1. The monoisotopic (exact) mass is 495 g/mol. The molecule has 1 N–H and O–H groups in total. The van der Waals surface area contributed by atoms with Crippen LogP contribution in [0.15, 0.2) is 48.2 Å². The van der Waals surface area contributed by atoms with Gasteiger partial charge in [-0.15, -0.1) is 0 Å². The Morgan fingerprint density at radius 2 is 1.97 bits per heavy atom. The Morgan fingerprint density at radius 1 is 1.20 bits per heavy atom. The number of likely N-dealkylation sites (tertiary alicyclic amines) is 1. The van der Waals surface area contributed by atoms with Crippen LogP contribution < -0.4 is 10.2 Å². The Morgan fingerprint density at radius 3 is 2.66 bits per heavy atom. The summed E-state index contributed by atoms with van der Waals surface area (Å²) in [5, 5.41) is 3.35. The van der Waals surface area contributed by atoms with Crippen LogP contribution in [0.2, 0.25) is 5.02 Å². The van der Waals surface area contributed by atoms with Gasteiger partial charge in [0.15, 0.2) is 0 Å². The molecule has 2 unspecified atom stereocenters. The maximum atomic E-state index is 13.3. The molecule has 184 valence electrons. The molecule has 2 aromatic rings. The van der Waals surface area contributed by atoms with Crippen LogP contribution in [-0.2, 0) is 4.79 Å². The average molecular weight is 496 g/mol. The summed E-state index contributed by atoms with van der Waals surface area (Å²) >= 11 is 5.82. The number of hydrogen-bond donors (Lipinski definition) is 1. The summed E-state index contributed by atoms with van der Waals surface area (Å²) in [5.41, 5.74) is 2.14. The van der Waals surface area contributed by atoms with Crippen molar-refractivity contribution in [2.45, 2.75) is 18.9 Å². The van der Waals surface area contributed by atoms with Crippen LogP contribution in [0.25, 0.3) is 0 Å². The fourth-order valence-electron chi connectivity index (χ4n) is 4.42. The predicted molar refractivity (Wildman–Crippen MR) is 139 cm³/mol. The molecule has 2 amide bonds. The standard InChI is InChI=1S/C25H30ClN7O2/c1-4-23(34)30-21-6-5-18(11-22(21)32-10-8-20(16-32)31(2)3)24(35)33-9-7-17(15-33)12-27-25-28-13-19(26)14-29-25/h4-6,11-14,17,20H,1,7-10,15-16H2,2-3H3,(H,30,34). The zero-order chi connectivity index (χ0) is 24.9. The number of carbonyl (C=O) groups excluding carboxylic acids is 2. The van der Waals surface area contributed by atoms with Crippen molar-refractivity contribution in [3.8, 4) is 0 Å². The van der Waals surface area contributed by atoms with E-state index in [9.17, 15) is 9.59 Å². The Bertz CT molecular complexity index is 1120. The first-order valence-electron chi connectivity index (χ1n) is 11.6. The topological polar surface area (TPSA) is 94.0 Å². The van der Waals surface area contributed by atoms with Crippen LogP contribution in [-0.4, -0.2) is 84.1 Å². The van der Waals surface area contributed by atoms with Gasteiger partial charge in [0.25, 0.3) is 5.91 Å². The van der Waals surface area contributed by atoms with Crippen LogP contribution in [0.4, 0.5) is 17.3 Å². The highest BCUT2D eigenvalue weighted by atomic mass is 35.5. The third-order valence-electron chi connectivity index (χ3n) is 6.44. The van der Waals surface area contributed by atoms with Crippen molar-refractivity contribution in [2.24, 2.45) is 10.9 Å². The van der Waals surface area contributed by atoms with Crippen LogP contribution in [0.1, 0.15) is 23.2 Å². The van der Waals surface area contributed by atoms with E-state index in [1.165, 1.54) is 18.5 Å². The van der Waals surface area contributed by atoms with E-state index in [4.69, 9.17) is 11.6 Å². The Balaban J connectivity index is 1.48. The summed E-state index contributed by atoms with van der Waals surface area (Å²) in [6, 6.07) is 5.88. The largest absolute Gasteiger partial charge is 0.368 e. The van der Waals surface area contributed by atoms with Crippen molar-refractivity contribution in [1.29, 1.82) is 0 Å². The maximum Gasteiger partial charge on any atom is 0.253 e. The maximum absolute atomic E-state index is 13.3. The summed E-state index contributed by atoms with van der Waals surface area (Å²) in [7, 11) is 4.14. The molecule has 35 heavy (non-hydrogen) atoms. The fraction of sp³-hybridized carbons (Fsp3) is 0.400. The number of rotatable bonds is 7. The fourth-order valence-corrected chi connectivity index (χ4v) is 4.52. The molecule has 0 bridgehead atoms. The lowest BCUT2D eigenvalue weighted by atomic mass is 10.1. The first kappa shape index (κ1) is 24.8. The molecule has 1 aromatic carbocycles. The van der Waals surface area contributed by atoms with Crippen LogP contribution >= 0.6 is 11.6 Å². The van der Waals surface area contributed by atoms with E-state index < -0.39 is 0 Å². The zero-order valence-corrected chi connectivity index (χ0v) is 20.8. The molecule has 9 nitrogen and oxygen atoms in total. The lowest BCUT2D eigenvalue weighted by Gasteiger charge is -2.25. The highest BCUT2D eigenvalue weighted by Crippen LogP contribution is 2.32. The van der Waals surface area contributed by atoms with Gasteiger partial charge in [0.05, 0.1) is 28.8 Å². The normalized spacial score (nSPS) is 20.1. The van der Waals surface area contributed by atoms with Crippen molar-refractivity contribution in [3.05, 3.63) is 53.8 Å². The number of benzene rings is 1. The van der Waals surface area contributed by atoms with Gasteiger partial charge in [-0.1, -0.05) is 18.2 Å². The van der Waals surface area contributed by atoms with Crippen molar-refractivity contribution in [3.63, 3.8) is 0 Å². The van der Waals surface area contributed by atoms with E-state index in [2.05, 4.69) is 50.8 Å². The lowest BCUT2D eigenvalue weighted by Crippen LogP contribution is -2.32. The first-order chi connectivity index (χ1) is 16.8. The van der Waals surface area contributed by atoms with E-state index in [1.54, 1.807) is 12.1 Å². The van der Waals surface area contributed by atoms with E-state index in [-0.39, 0.29) is 17.7 Å². The van der Waals surface area contributed by atoms with Gasteiger partial charge < -0.3 is 20.0 Å². The van der Waals surface area contributed by atoms with Crippen molar-refractivity contribution < 1.29 is 9.59 Å². The number of anilines is 2. The number of aliphatic imine (C=N–C) groups is 1. The van der Waals surface area contributed by atoms with Crippen molar-refractivity contribution in [1.82, 2.24) is 19.8 Å². The summed E-state index contributed by atoms with van der Waals surface area (Å²) in [6.45, 7) is 6.45. The zero-order valence-electron chi connectivity index (χ0n) is 20.0. The summed E-state index contributed by atoms with van der Waals surface area (Å²) < 4.78 is 0. The second-order valence-electron chi connectivity index (χ2n) is 9.06. The minimum atomic E-state index is -0.278. The number of carbonyl (C=O) groups is 2. The van der Waals surface area contributed by atoms with Gasteiger partial charge in [-0.25, -0.2) is 15.0 Å². The number of hydrogen-bond acceptors (Lipinski definition) is 7.